The highest BCUT2D eigenvalue weighted by atomic mass is 16.5. The van der Waals surface area contributed by atoms with Gasteiger partial charge in [-0.3, -0.25) is 9.59 Å². The number of carbonyl (C=O) groups excluding carboxylic acids is 3. The van der Waals surface area contributed by atoms with E-state index in [0.717, 1.165) is 11.3 Å². The molecule has 0 saturated carbocycles. The largest absolute Gasteiger partial charge is 0.508 e. The standard InChI is InChI=1S/C21H21NO5/c1-12-4-5-17(11-19(12)24)21(26)27-13(2)20(25)16-6-7-18-15(10-16)8-9-22(18)14(3)23/h4-7,10-11,13,24H,8-9H2,1-3H3. The van der Waals surface area contributed by atoms with Crippen LogP contribution in [0.4, 0.5) is 5.69 Å². The molecule has 1 amide bonds. The van der Waals surface area contributed by atoms with E-state index in [1.165, 1.54) is 19.9 Å². The van der Waals surface area contributed by atoms with Gasteiger partial charge in [0, 0.05) is 24.7 Å². The van der Waals surface area contributed by atoms with Gasteiger partial charge in [-0.15, -0.1) is 0 Å². The summed E-state index contributed by atoms with van der Waals surface area (Å²) in [5.41, 5.74) is 3.01. The molecule has 2 aromatic carbocycles. The van der Waals surface area contributed by atoms with Gasteiger partial charge in [-0.1, -0.05) is 6.07 Å². The number of ether oxygens (including phenoxy) is 1. The van der Waals surface area contributed by atoms with E-state index in [0.29, 0.717) is 24.1 Å². The molecule has 2 aromatic rings. The number of esters is 1. The number of fused-ring (bicyclic) bond motifs is 1. The van der Waals surface area contributed by atoms with Crippen LogP contribution in [0.15, 0.2) is 36.4 Å². The monoisotopic (exact) mass is 367 g/mol. The lowest BCUT2D eigenvalue weighted by Crippen LogP contribution is -2.26. The molecule has 140 valence electrons. The van der Waals surface area contributed by atoms with E-state index in [2.05, 4.69) is 0 Å². The van der Waals surface area contributed by atoms with E-state index in [9.17, 15) is 19.5 Å². The molecule has 0 saturated heterocycles. The van der Waals surface area contributed by atoms with Crippen molar-refractivity contribution in [2.24, 2.45) is 0 Å². The first kappa shape index (κ1) is 18.6. The molecule has 1 atom stereocenters. The third-order valence-electron chi connectivity index (χ3n) is 4.74. The quantitative estimate of drug-likeness (QED) is 0.663. The van der Waals surface area contributed by atoms with Crippen molar-refractivity contribution in [3.8, 4) is 5.75 Å². The van der Waals surface area contributed by atoms with Crippen LogP contribution in [-0.4, -0.2) is 35.4 Å². The second-order valence-corrected chi connectivity index (χ2v) is 6.68. The summed E-state index contributed by atoms with van der Waals surface area (Å²) < 4.78 is 5.26. The Morgan fingerprint density at radius 3 is 2.48 bits per heavy atom. The molecule has 6 nitrogen and oxygen atoms in total. The molecule has 27 heavy (non-hydrogen) atoms. The first-order chi connectivity index (χ1) is 12.8. The summed E-state index contributed by atoms with van der Waals surface area (Å²) in [5, 5.41) is 9.72. The molecule has 0 spiro atoms. The maximum absolute atomic E-state index is 12.6. The fraction of sp³-hybridized carbons (Fsp3) is 0.286. The Balaban J connectivity index is 1.73. The van der Waals surface area contributed by atoms with Gasteiger partial charge in [0.25, 0.3) is 0 Å². The van der Waals surface area contributed by atoms with Crippen molar-refractivity contribution in [1.82, 2.24) is 0 Å². The number of aryl methyl sites for hydroxylation is 1. The van der Waals surface area contributed by atoms with Crippen LogP contribution in [0.1, 0.15) is 45.7 Å². The molecular formula is C21H21NO5. The maximum Gasteiger partial charge on any atom is 0.338 e. The molecule has 1 aliphatic rings. The number of amides is 1. The van der Waals surface area contributed by atoms with Crippen molar-refractivity contribution in [3.63, 3.8) is 0 Å². The highest BCUT2D eigenvalue weighted by Gasteiger charge is 2.26. The van der Waals surface area contributed by atoms with Crippen molar-refractivity contribution in [2.45, 2.75) is 33.3 Å². The number of aromatic hydroxyl groups is 1. The number of rotatable bonds is 4. The number of carbonyl (C=O) groups is 3. The van der Waals surface area contributed by atoms with Crippen LogP contribution in [-0.2, 0) is 16.0 Å². The summed E-state index contributed by atoms with van der Waals surface area (Å²) in [6, 6.07) is 9.62. The van der Waals surface area contributed by atoms with Gasteiger partial charge in [-0.2, -0.15) is 0 Å². The summed E-state index contributed by atoms with van der Waals surface area (Å²) in [4.78, 5) is 38.2. The van der Waals surface area contributed by atoms with Gasteiger partial charge in [0.1, 0.15) is 5.75 Å². The minimum atomic E-state index is -0.968. The van der Waals surface area contributed by atoms with E-state index in [-0.39, 0.29) is 23.0 Å². The highest BCUT2D eigenvalue weighted by Crippen LogP contribution is 2.29. The second-order valence-electron chi connectivity index (χ2n) is 6.68. The number of nitrogens with zero attached hydrogens (tertiary/aromatic N) is 1. The molecule has 0 radical (unpaired) electrons. The molecule has 0 bridgehead atoms. The second kappa shape index (κ2) is 7.23. The van der Waals surface area contributed by atoms with Gasteiger partial charge >= 0.3 is 5.97 Å². The lowest BCUT2D eigenvalue weighted by molar-refractivity contribution is -0.116. The lowest BCUT2D eigenvalue weighted by atomic mass is 10.0. The number of phenols is 1. The fourth-order valence-corrected chi connectivity index (χ4v) is 3.14. The Labute approximate surface area is 157 Å². The number of ketones is 1. The van der Waals surface area contributed by atoms with Crippen molar-refractivity contribution in [1.29, 1.82) is 0 Å². The van der Waals surface area contributed by atoms with Crippen LogP contribution in [0.5, 0.6) is 5.75 Å². The average molecular weight is 367 g/mol. The Hall–Kier alpha value is -3.15. The van der Waals surface area contributed by atoms with Gasteiger partial charge in [0.05, 0.1) is 5.56 Å². The smallest absolute Gasteiger partial charge is 0.338 e. The molecule has 0 fully saturated rings. The molecular weight excluding hydrogens is 346 g/mol. The van der Waals surface area contributed by atoms with E-state index in [1.54, 1.807) is 42.2 Å². The Bertz CT molecular complexity index is 934. The van der Waals surface area contributed by atoms with Gasteiger partial charge in [0.15, 0.2) is 6.10 Å². The van der Waals surface area contributed by atoms with Crippen LogP contribution < -0.4 is 4.90 Å². The van der Waals surface area contributed by atoms with Crippen LogP contribution >= 0.6 is 0 Å². The normalized spacial score (nSPS) is 13.8. The van der Waals surface area contributed by atoms with Crippen LogP contribution in [0, 0.1) is 6.92 Å². The van der Waals surface area contributed by atoms with E-state index >= 15 is 0 Å². The van der Waals surface area contributed by atoms with Gasteiger partial charge in [-0.05, 0) is 61.7 Å². The van der Waals surface area contributed by atoms with Crippen molar-refractivity contribution >= 4 is 23.3 Å². The summed E-state index contributed by atoms with van der Waals surface area (Å²) in [7, 11) is 0. The molecule has 1 N–H and O–H groups in total. The Kier molecular flexibility index (Phi) is 4.99. The third kappa shape index (κ3) is 3.69. The number of Topliss-reactive ketones (excluding diaryl/α,β-unsaturated/α-hetero) is 1. The lowest BCUT2D eigenvalue weighted by Gasteiger charge is -2.16. The Morgan fingerprint density at radius 1 is 1.11 bits per heavy atom. The summed E-state index contributed by atoms with van der Waals surface area (Å²) in [6.45, 7) is 5.35. The fourth-order valence-electron chi connectivity index (χ4n) is 3.14. The first-order valence-corrected chi connectivity index (χ1v) is 8.73. The zero-order valence-electron chi connectivity index (χ0n) is 15.5. The molecule has 3 rings (SSSR count). The molecule has 1 unspecified atom stereocenters. The number of benzene rings is 2. The van der Waals surface area contributed by atoms with Crippen LogP contribution in [0.25, 0.3) is 0 Å². The predicted octanol–water partition coefficient (Wildman–Crippen LogP) is 3.04. The number of anilines is 1. The highest BCUT2D eigenvalue weighted by molar-refractivity contribution is 6.02. The van der Waals surface area contributed by atoms with Crippen molar-refractivity contribution in [3.05, 3.63) is 58.7 Å². The molecule has 6 heteroatoms. The van der Waals surface area contributed by atoms with Gasteiger partial charge < -0.3 is 14.7 Å². The first-order valence-electron chi connectivity index (χ1n) is 8.73. The van der Waals surface area contributed by atoms with Crippen LogP contribution in [0.2, 0.25) is 0 Å². The SMILES string of the molecule is CC(=O)N1CCc2cc(C(=O)C(C)OC(=O)c3ccc(C)c(O)c3)ccc21. The zero-order valence-corrected chi connectivity index (χ0v) is 15.5. The third-order valence-corrected chi connectivity index (χ3v) is 4.74. The maximum atomic E-state index is 12.6. The number of phenolic OH excluding ortho intramolecular Hbond substituents is 1. The van der Waals surface area contributed by atoms with Crippen LogP contribution in [0.3, 0.4) is 0 Å². The van der Waals surface area contributed by atoms with Gasteiger partial charge in [0.2, 0.25) is 11.7 Å². The van der Waals surface area contributed by atoms with Crippen molar-refractivity contribution in [2.75, 3.05) is 11.4 Å². The van der Waals surface area contributed by atoms with Crippen molar-refractivity contribution < 1.29 is 24.2 Å². The summed E-state index contributed by atoms with van der Waals surface area (Å²) >= 11 is 0. The topological polar surface area (TPSA) is 83.9 Å². The Morgan fingerprint density at radius 2 is 1.81 bits per heavy atom. The number of hydrogen-bond acceptors (Lipinski definition) is 5. The van der Waals surface area contributed by atoms with E-state index < -0.39 is 12.1 Å². The van der Waals surface area contributed by atoms with E-state index in [1.807, 2.05) is 0 Å². The van der Waals surface area contributed by atoms with E-state index in [4.69, 9.17) is 4.74 Å². The molecule has 0 aliphatic carbocycles. The average Bonchev–Trinajstić information content (AvgIpc) is 3.06. The molecule has 1 aliphatic heterocycles. The summed E-state index contributed by atoms with van der Waals surface area (Å²) in [6.07, 6.45) is -0.281. The minimum absolute atomic E-state index is 0.00271. The zero-order chi connectivity index (χ0) is 19.7. The molecule has 0 aromatic heterocycles. The minimum Gasteiger partial charge on any atom is -0.508 e. The predicted molar refractivity (Wildman–Crippen MR) is 100 cm³/mol. The number of hydrogen-bond donors (Lipinski definition) is 1. The molecule has 1 heterocycles. The van der Waals surface area contributed by atoms with Gasteiger partial charge in [-0.25, -0.2) is 4.79 Å². The summed E-state index contributed by atoms with van der Waals surface area (Å²) in [5.74, 6) is -1.02.